The first-order valence-electron chi connectivity index (χ1n) is 30.0. The fraction of sp³-hybridized carbons (Fsp3) is 0.329. The highest BCUT2D eigenvalue weighted by Crippen LogP contribution is 2.41. The minimum Gasteiger partial charge on any atom is -0.493 e. The van der Waals surface area contributed by atoms with E-state index in [0.29, 0.717) is 42.4 Å². The minimum absolute atomic E-state index is 0. The molecule has 2 atom stereocenters. The fourth-order valence-electron chi connectivity index (χ4n) is 11.0. The Bertz CT molecular complexity index is 3620. The molecule has 1 amide bonds. The van der Waals surface area contributed by atoms with E-state index in [1.54, 1.807) is 64.3 Å². The molecule has 7 N–H and O–H groups in total. The monoisotopic (exact) mass is 1240 g/mol. The standard InChI is InChI=1S/C30H36N4O6S.C29H32N2O3.C11H13NO2.H3N/c1-30(2,3)40-29(35)33-16-15-22-17-27(39-19-21-11-7-5-8-12-21)26(38-4)18-24(22)25(33)20-41(36,37)28(31)34(32)23-13-9-6-10-14-23;1-32-28-20-25-24(19-29(28)34-21-22-7-3-2-4-8-22)13-14-30-26(25)12-11-23-9-5-6-10-27(23)31-15-17-33-18-16-31;13-9-10-3-1-2-4-11(10)12-5-7-14-8-6-12;/h5-14,17-18,25,31H,15-16,19-20,32H2,1-4H3;2-12,19-20,26,30H,13-18,21H2,1H3;1-4,9H,5-8H2;1H3/b;12-11+;;. The van der Waals surface area contributed by atoms with Gasteiger partial charge in [0.05, 0.1) is 64.2 Å². The van der Waals surface area contributed by atoms with Crippen LogP contribution in [0, 0.1) is 5.41 Å². The maximum atomic E-state index is 13.6. The summed E-state index contributed by atoms with van der Waals surface area (Å²) in [5.74, 6) is 7.93. The summed E-state index contributed by atoms with van der Waals surface area (Å²) in [5.41, 5.74) is 9.89. The van der Waals surface area contributed by atoms with Gasteiger partial charge in [-0.1, -0.05) is 121 Å². The molecule has 11 rings (SSSR count). The number of benzene rings is 7. The SMILES string of the molecule is COc1cc2c(cc1OCc1ccccc1)CCN(C(=O)OC(C)(C)C)C2CS(=O)(=O)C(=N)N(N)c1ccccc1.COc1cc2c(cc1OCc1ccccc1)CCNC2/C=C/c1ccccc1N1CCOCC1.N.O=Cc1ccccc1N1CCOCC1. The number of carbonyl (C=O) groups is 2. The summed E-state index contributed by atoms with van der Waals surface area (Å²) in [7, 11) is -1.07. The van der Waals surface area contributed by atoms with E-state index < -0.39 is 38.5 Å². The lowest BCUT2D eigenvalue weighted by Crippen LogP contribution is -2.48. The summed E-state index contributed by atoms with van der Waals surface area (Å²) in [4.78, 5) is 30.1. The van der Waals surface area contributed by atoms with Crippen LogP contribution in [-0.4, -0.2) is 122 Å². The third-order valence-corrected chi connectivity index (χ3v) is 17.0. The molecule has 0 radical (unpaired) electrons. The second-order valence-corrected chi connectivity index (χ2v) is 24.6. The maximum absolute atomic E-state index is 13.6. The van der Waals surface area contributed by atoms with Gasteiger partial charge in [0.15, 0.2) is 29.3 Å². The first kappa shape index (κ1) is 67.2. The van der Waals surface area contributed by atoms with Gasteiger partial charge >= 0.3 is 6.09 Å². The number of amidine groups is 1. The van der Waals surface area contributed by atoms with E-state index in [9.17, 15) is 18.0 Å². The van der Waals surface area contributed by atoms with Crippen molar-refractivity contribution in [3.8, 4) is 23.0 Å². The van der Waals surface area contributed by atoms with Gasteiger partial charge in [-0.3, -0.25) is 20.1 Å². The Kier molecular flexibility index (Phi) is 24.0. The van der Waals surface area contributed by atoms with E-state index in [1.165, 1.54) is 34.4 Å². The summed E-state index contributed by atoms with van der Waals surface area (Å²) in [6, 6.07) is 51.5. The number of carbonyl (C=O) groups excluding carboxylic acids is 2. The Morgan fingerprint density at radius 2 is 1.13 bits per heavy atom. The van der Waals surface area contributed by atoms with Crippen LogP contribution in [0.25, 0.3) is 6.08 Å². The lowest BCUT2D eigenvalue weighted by Gasteiger charge is -2.38. The van der Waals surface area contributed by atoms with Crippen molar-refractivity contribution in [3.05, 3.63) is 214 Å². The Morgan fingerprint density at radius 3 is 1.66 bits per heavy atom. The van der Waals surface area contributed by atoms with Crippen LogP contribution in [0.2, 0.25) is 0 Å². The summed E-state index contributed by atoms with van der Waals surface area (Å²) in [6.07, 6.45) is 6.18. The number of hydrogen-bond donors (Lipinski definition) is 4. The van der Waals surface area contributed by atoms with E-state index in [1.807, 2.05) is 78.9 Å². The van der Waals surface area contributed by atoms with Gasteiger partial charge < -0.3 is 54.4 Å². The van der Waals surface area contributed by atoms with Crippen molar-refractivity contribution in [2.45, 2.75) is 64.5 Å². The molecule has 476 valence electrons. The van der Waals surface area contributed by atoms with E-state index in [-0.39, 0.29) is 18.7 Å². The van der Waals surface area contributed by atoms with Crippen LogP contribution in [0.3, 0.4) is 0 Å². The Balaban J connectivity index is 0.000000191. The molecule has 0 aromatic heterocycles. The van der Waals surface area contributed by atoms with Crippen molar-refractivity contribution < 1.29 is 51.2 Å². The molecule has 19 nitrogen and oxygen atoms in total. The molecule has 7 aromatic carbocycles. The molecule has 4 aliphatic heterocycles. The first-order valence-corrected chi connectivity index (χ1v) is 31.6. The zero-order valence-corrected chi connectivity index (χ0v) is 52.9. The van der Waals surface area contributed by atoms with E-state index in [2.05, 4.69) is 75.8 Å². The van der Waals surface area contributed by atoms with E-state index >= 15 is 0 Å². The predicted molar refractivity (Wildman–Crippen MR) is 354 cm³/mol. The first-order chi connectivity index (χ1) is 43.1. The average molecular weight is 1250 g/mol. The molecule has 0 aliphatic carbocycles. The zero-order chi connectivity index (χ0) is 62.8. The number of aldehydes is 1. The molecule has 4 aliphatic rings. The molecule has 2 fully saturated rings. The predicted octanol–water partition coefficient (Wildman–Crippen LogP) is 11.3. The summed E-state index contributed by atoms with van der Waals surface area (Å²) in [5, 5.41) is 12.1. The maximum Gasteiger partial charge on any atom is 0.410 e. The van der Waals surface area contributed by atoms with Crippen LogP contribution >= 0.6 is 0 Å². The molecule has 2 saturated heterocycles. The number of sulfone groups is 1. The molecule has 4 heterocycles. The minimum atomic E-state index is -4.27. The molecular weight excluding hydrogens is 1160 g/mol. The third kappa shape index (κ3) is 17.8. The van der Waals surface area contributed by atoms with Gasteiger partial charge in [0.2, 0.25) is 15.0 Å². The molecule has 0 spiro atoms. The Hall–Kier alpha value is -8.76. The number of ether oxygens (including phenoxy) is 7. The normalized spacial score (nSPS) is 16.3. The van der Waals surface area contributed by atoms with E-state index in [4.69, 9.17) is 44.4 Å². The second kappa shape index (κ2) is 32.1. The number of hydrogen-bond acceptors (Lipinski definition) is 17. The van der Waals surface area contributed by atoms with E-state index in [0.717, 1.165) is 116 Å². The van der Waals surface area contributed by atoms with Crippen molar-refractivity contribution in [2.24, 2.45) is 5.84 Å². The second-order valence-electron chi connectivity index (χ2n) is 22.7. The number of nitrogens with one attached hydrogen (secondary N) is 2. The third-order valence-electron chi connectivity index (χ3n) is 15.5. The smallest absolute Gasteiger partial charge is 0.410 e. The number of para-hydroxylation sites is 3. The number of amides is 1. The molecule has 7 aromatic rings. The van der Waals surface area contributed by atoms with Crippen molar-refractivity contribution in [2.75, 3.05) is 100 Å². The fourth-order valence-corrected chi connectivity index (χ4v) is 12.3. The van der Waals surface area contributed by atoms with Crippen LogP contribution < -0.4 is 51.1 Å². The quantitative estimate of drug-likeness (QED) is 0.0231. The molecule has 0 saturated carbocycles. The number of morpholine rings is 2. The number of anilines is 3. The Labute approximate surface area is 529 Å². The number of methoxy groups -OCH3 is 2. The van der Waals surface area contributed by atoms with Crippen molar-refractivity contribution >= 4 is 50.5 Å². The largest absolute Gasteiger partial charge is 0.493 e. The van der Waals surface area contributed by atoms with Gasteiger partial charge in [-0.15, -0.1) is 0 Å². The van der Waals surface area contributed by atoms with Crippen LogP contribution in [0.1, 0.15) is 82.2 Å². The van der Waals surface area contributed by atoms with Crippen LogP contribution in [0.4, 0.5) is 21.9 Å². The lowest BCUT2D eigenvalue weighted by molar-refractivity contribution is 0.0162. The van der Waals surface area contributed by atoms with Gasteiger partial charge in [-0.05, 0) is 127 Å². The number of fused-ring (bicyclic) bond motifs is 2. The van der Waals surface area contributed by atoms with Crippen molar-refractivity contribution in [3.63, 3.8) is 0 Å². The number of nitrogens with two attached hydrogens (primary N) is 1. The highest BCUT2D eigenvalue weighted by molar-refractivity contribution is 8.06. The number of hydrazine groups is 1. The highest BCUT2D eigenvalue weighted by Gasteiger charge is 2.40. The van der Waals surface area contributed by atoms with Crippen LogP contribution in [0.5, 0.6) is 23.0 Å². The van der Waals surface area contributed by atoms with Gasteiger partial charge in [0.25, 0.3) is 0 Å². The van der Waals surface area contributed by atoms with Crippen LogP contribution in [0.15, 0.2) is 170 Å². The molecule has 20 heteroatoms. The zero-order valence-electron chi connectivity index (χ0n) is 52.1. The lowest BCUT2D eigenvalue weighted by atomic mass is 9.93. The molecular formula is C70H84N8O11S. The van der Waals surface area contributed by atoms with Gasteiger partial charge in [0.1, 0.15) is 18.8 Å². The summed E-state index contributed by atoms with van der Waals surface area (Å²) in [6.45, 7) is 13.9. The van der Waals surface area contributed by atoms with Gasteiger partial charge in [-0.2, -0.15) is 0 Å². The summed E-state index contributed by atoms with van der Waals surface area (Å²) >= 11 is 0. The number of nitrogens with zero attached hydrogens (tertiary/aromatic N) is 4. The van der Waals surface area contributed by atoms with Crippen molar-refractivity contribution in [1.29, 1.82) is 5.41 Å². The molecule has 0 bridgehead atoms. The number of rotatable bonds is 16. The molecule has 2 unspecified atom stereocenters. The van der Waals surface area contributed by atoms with Gasteiger partial charge in [-0.25, -0.2) is 19.1 Å². The summed E-state index contributed by atoms with van der Waals surface area (Å²) < 4.78 is 67.1. The Morgan fingerprint density at radius 1 is 0.656 bits per heavy atom. The van der Waals surface area contributed by atoms with Crippen LogP contribution in [-0.2, 0) is 50.1 Å². The van der Waals surface area contributed by atoms with Crippen molar-refractivity contribution in [1.82, 2.24) is 16.4 Å². The average Bonchev–Trinajstić information content (AvgIpc) is 0.862. The highest BCUT2D eigenvalue weighted by atomic mass is 32.2. The molecule has 90 heavy (non-hydrogen) atoms. The topological polar surface area (TPSA) is 243 Å². The van der Waals surface area contributed by atoms with Gasteiger partial charge in [0, 0.05) is 56.2 Å².